The molecular weight excluding hydrogens is 200 g/mol. The van der Waals surface area contributed by atoms with E-state index in [1.807, 2.05) is 0 Å². The molecule has 0 amide bonds. The van der Waals surface area contributed by atoms with Gasteiger partial charge in [-0.05, 0) is 13.5 Å². The van der Waals surface area contributed by atoms with E-state index in [0.29, 0.717) is 0 Å². The Balaban J connectivity index is 2.21. The predicted octanol–water partition coefficient (Wildman–Crippen LogP) is 2.10. The van der Waals surface area contributed by atoms with Crippen LogP contribution in [0.3, 0.4) is 0 Å². The zero-order valence-electron chi connectivity index (χ0n) is 10.6. The van der Waals surface area contributed by atoms with Crippen LogP contribution in [0, 0.1) is 0 Å². The quantitative estimate of drug-likeness (QED) is 0.722. The molecule has 1 atom stereocenters. The SMILES string of the molecule is C=C[Si](C)(C)CCCC1CNCCN1C. The van der Waals surface area contributed by atoms with Crippen molar-refractivity contribution in [3.05, 3.63) is 12.3 Å². The zero-order chi connectivity index (χ0) is 11.3. The molecule has 0 saturated carbocycles. The molecule has 0 radical (unpaired) electrons. The minimum Gasteiger partial charge on any atom is -0.314 e. The Morgan fingerprint density at radius 1 is 1.53 bits per heavy atom. The Hall–Kier alpha value is -0.123. The summed E-state index contributed by atoms with van der Waals surface area (Å²) in [5, 5.41) is 3.48. The number of hydrogen-bond acceptors (Lipinski definition) is 2. The van der Waals surface area contributed by atoms with Crippen LogP contribution in [0.4, 0.5) is 0 Å². The smallest absolute Gasteiger partial charge is 0.0709 e. The zero-order valence-corrected chi connectivity index (χ0v) is 11.6. The third kappa shape index (κ3) is 4.49. The number of nitrogens with zero attached hydrogens (tertiary/aromatic N) is 1. The van der Waals surface area contributed by atoms with Crippen molar-refractivity contribution in [2.75, 3.05) is 26.7 Å². The van der Waals surface area contributed by atoms with Crippen molar-refractivity contribution in [3.8, 4) is 0 Å². The third-order valence-corrected chi connectivity index (χ3v) is 6.30. The van der Waals surface area contributed by atoms with Crippen LogP contribution in [-0.4, -0.2) is 45.7 Å². The summed E-state index contributed by atoms with van der Waals surface area (Å²) in [6.07, 6.45) is 2.70. The van der Waals surface area contributed by atoms with E-state index in [0.717, 1.165) is 12.6 Å². The van der Waals surface area contributed by atoms with Gasteiger partial charge in [-0.1, -0.05) is 25.6 Å². The molecule has 0 bridgehead atoms. The third-order valence-electron chi connectivity index (χ3n) is 3.56. The molecule has 15 heavy (non-hydrogen) atoms. The van der Waals surface area contributed by atoms with E-state index in [4.69, 9.17) is 0 Å². The average molecular weight is 226 g/mol. The van der Waals surface area contributed by atoms with E-state index >= 15 is 0 Å². The fourth-order valence-corrected chi connectivity index (χ4v) is 3.40. The molecule has 1 N–H and O–H groups in total. The van der Waals surface area contributed by atoms with Crippen molar-refractivity contribution >= 4 is 8.07 Å². The largest absolute Gasteiger partial charge is 0.314 e. The highest BCUT2D eigenvalue weighted by Crippen LogP contribution is 2.17. The van der Waals surface area contributed by atoms with Crippen LogP contribution in [-0.2, 0) is 0 Å². The Morgan fingerprint density at radius 2 is 2.27 bits per heavy atom. The fraction of sp³-hybridized carbons (Fsp3) is 0.833. The molecule has 1 fully saturated rings. The summed E-state index contributed by atoms with van der Waals surface area (Å²) in [4.78, 5) is 2.50. The van der Waals surface area contributed by atoms with Crippen molar-refractivity contribution in [2.24, 2.45) is 0 Å². The second-order valence-corrected chi connectivity index (χ2v) is 10.3. The van der Waals surface area contributed by atoms with Crippen molar-refractivity contribution in [1.29, 1.82) is 0 Å². The summed E-state index contributed by atoms with van der Waals surface area (Å²) in [7, 11) is 1.19. The lowest BCUT2D eigenvalue weighted by atomic mass is 10.1. The van der Waals surface area contributed by atoms with E-state index in [-0.39, 0.29) is 0 Å². The number of rotatable bonds is 5. The first-order valence-corrected chi connectivity index (χ1v) is 9.38. The molecule has 1 aliphatic heterocycles. The average Bonchev–Trinajstić information content (AvgIpc) is 2.21. The fourth-order valence-electron chi connectivity index (χ4n) is 2.08. The summed E-state index contributed by atoms with van der Waals surface area (Å²) >= 11 is 0. The Morgan fingerprint density at radius 3 is 2.87 bits per heavy atom. The Kier molecular flexibility index (Phi) is 5.03. The molecule has 0 aliphatic carbocycles. The second kappa shape index (κ2) is 5.82. The summed E-state index contributed by atoms with van der Waals surface area (Å²) in [6, 6.07) is 2.15. The number of hydrogen-bond donors (Lipinski definition) is 1. The van der Waals surface area contributed by atoms with Crippen LogP contribution in [0.1, 0.15) is 12.8 Å². The summed E-state index contributed by atoms with van der Waals surface area (Å²) in [6.45, 7) is 12.3. The van der Waals surface area contributed by atoms with Gasteiger partial charge in [0.1, 0.15) is 0 Å². The van der Waals surface area contributed by atoms with Gasteiger partial charge < -0.3 is 10.2 Å². The summed E-state index contributed by atoms with van der Waals surface area (Å²) < 4.78 is 0. The van der Waals surface area contributed by atoms with Crippen molar-refractivity contribution in [3.63, 3.8) is 0 Å². The van der Waals surface area contributed by atoms with Crippen LogP contribution in [0.15, 0.2) is 12.3 Å². The number of nitrogens with one attached hydrogen (secondary N) is 1. The van der Waals surface area contributed by atoms with Gasteiger partial charge in [0, 0.05) is 25.7 Å². The molecule has 1 unspecified atom stereocenters. The lowest BCUT2D eigenvalue weighted by Crippen LogP contribution is -2.49. The van der Waals surface area contributed by atoms with Gasteiger partial charge in [-0.15, -0.1) is 12.3 Å². The predicted molar refractivity (Wildman–Crippen MR) is 71.0 cm³/mol. The normalized spacial score (nSPS) is 24.1. The number of piperazine rings is 1. The maximum Gasteiger partial charge on any atom is 0.0709 e. The second-order valence-electron chi connectivity index (χ2n) is 5.42. The van der Waals surface area contributed by atoms with Gasteiger partial charge in [-0.25, -0.2) is 0 Å². The summed E-state index contributed by atoms with van der Waals surface area (Å²) in [5.74, 6) is 0. The molecule has 1 aliphatic rings. The van der Waals surface area contributed by atoms with Gasteiger partial charge >= 0.3 is 0 Å². The van der Waals surface area contributed by atoms with Crippen molar-refractivity contribution in [1.82, 2.24) is 10.2 Å². The van der Waals surface area contributed by atoms with Gasteiger partial charge in [0.15, 0.2) is 0 Å². The standard InChI is InChI=1S/C12H26N2Si/c1-5-15(3,4)10-6-7-12-11-13-8-9-14(12)2/h5,12-13H,1,6-11H2,2-4H3. The molecule has 0 aromatic rings. The van der Waals surface area contributed by atoms with E-state index in [1.54, 1.807) is 0 Å². The minimum atomic E-state index is -1.06. The summed E-state index contributed by atoms with van der Waals surface area (Å²) in [5.41, 5.74) is 2.22. The highest BCUT2D eigenvalue weighted by molar-refractivity contribution is 6.82. The van der Waals surface area contributed by atoms with Crippen LogP contribution in [0.5, 0.6) is 0 Å². The topological polar surface area (TPSA) is 15.3 Å². The van der Waals surface area contributed by atoms with Crippen molar-refractivity contribution in [2.45, 2.75) is 38.0 Å². The maximum atomic E-state index is 3.95. The highest BCUT2D eigenvalue weighted by atomic mass is 28.3. The highest BCUT2D eigenvalue weighted by Gasteiger charge is 2.20. The van der Waals surface area contributed by atoms with Crippen LogP contribution >= 0.6 is 0 Å². The molecule has 1 rings (SSSR count). The van der Waals surface area contributed by atoms with Gasteiger partial charge in [-0.2, -0.15) is 0 Å². The minimum absolute atomic E-state index is 0.758. The van der Waals surface area contributed by atoms with Crippen LogP contribution in [0.25, 0.3) is 0 Å². The van der Waals surface area contributed by atoms with E-state index in [9.17, 15) is 0 Å². The maximum absolute atomic E-state index is 3.95. The number of likely N-dealkylation sites (N-methyl/N-ethyl adjacent to an activating group) is 1. The first-order valence-electron chi connectivity index (χ1n) is 6.10. The van der Waals surface area contributed by atoms with Gasteiger partial charge in [0.2, 0.25) is 0 Å². The lowest BCUT2D eigenvalue weighted by Gasteiger charge is -2.33. The lowest BCUT2D eigenvalue weighted by molar-refractivity contribution is 0.189. The van der Waals surface area contributed by atoms with Crippen molar-refractivity contribution < 1.29 is 0 Å². The molecule has 1 saturated heterocycles. The van der Waals surface area contributed by atoms with Gasteiger partial charge in [-0.3, -0.25) is 0 Å². The van der Waals surface area contributed by atoms with E-state index < -0.39 is 8.07 Å². The van der Waals surface area contributed by atoms with Crippen LogP contribution in [0.2, 0.25) is 19.1 Å². The molecule has 2 nitrogen and oxygen atoms in total. The van der Waals surface area contributed by atoms with Gasteiger partial charge in [0.05, 0.1) is 8.07 Å². The molecule has 88 valence electrons. The van der Waals surface area contributed by atoms with E-state index in [2.05, 4.69) is 42.6 Å². The molecule has 0 spiro atoms. The monoisotopic (exact) mass is 226 g/mol. The molecule has 0 aromatic carbocycles. The molecular formula is C12H26N2Si. The van der Waals surface area contributed by atoms with E-state index in [1.165, 1.54) is 32.0 Å². The molecule has 0 aromatic heterocycles. The molecule has 3 heteroatoms. The first kappa shape index (κ1) is 12.9. The van der Waals surface area contributed by atoms with Gasteiger partial charge in [0.25, 0.3) is 0 Å². The Bertz CT molecular complexity index is 204. The molecule has 1 heterocycles. The van der Waals surface area contributed by atoms with Crippen LogP contribution < -0.4 is 5.32 Å². The Labute approximate surface area is 95.7 Å². The first-order chi connectivity index (χ1) is 7.05.